The molecule has 1 aromatic carbocycles. The normalized spacial score (nSPS) is 17.8. The maximum atomic E-state index is 12.7. The van der Waals surface area contributed by atoms with Crippen LogP contribution in [0.5, 0.6) is 0 Å². The summed E-state index contributed by atoms with van der Waals surface area (Å²) < 4.78 is 5.42. The highest BCUT2D eigenvalue weighted by atomic mass is 32.1. The summed E-state index contributed by atoms with van der Waals surface area (Å²) in [6, 6.07) is 7.97. The van der Waals surface area contributed by atoms with Crippen LogP contribution >= 0.6 is 11.3 Å². The van der Waals surface area contributed by atoms with Crippen LogP contribution in [0.25, 0.3) is 0 Å². The summed E-state index contributed by atoms with van der Waals surface area (Å²) in [4.78, 5) is 20.3. The van der Waals surface area contributed by atoms with Gasteiger partial charge in [0.05, 0.1) is 35.3 Å². The van der Waals surface area contributed by atoms with Crippen molar-refractivity contribution in [2.24, 2.45) is 0 Å². The van der Waals surface area contributed by atoms with Crippen molar-refractivity contribution >= 4 is 28.6 Å². The Kier molecular flexibility index (Phi) is 4.24. The van der Waals surface area contributed by atoms with Crippen molar-refractivity contribution in [2.45, 2.75) is 25.7 Å². The van der Waals surface area contributed by atoms with Crippen molar-refractivity contribution < 1.29 is 9.53 Å². The molecule has 24 heavy (non-hydrogen) atoms. The molecule has 2 aliphatic rings. The van der Waals surface area contributed by atoms with Gasteiger partial charge in [-0.1, -0.05) is 12.1 Å². The lowest BCUT2D eigenvalue weighted by Crippen LogP contribution is -2.36. The summed E-state index contributed by atoms with van der Waals surface area (Å²) in [5.74, 6) is 0.522. The smallest absolute Gasteiger partial charge is 0.267 e. The lowest BCUT2D eigenvalue weighted by Gasteiger charge is -2.30. The average molecular weight is 343 g/mol. The Morgan fingerprint density at radius 2 is 2.04 bits per heavy atom. The van der Waals surface area contributed by atoms with Crippen molar-refractivity contribution in [3.05, 3.63) is 39.8 Å². The number of ether oxygens (including phenoxy) is 1. The zero-order chi connectivity index (χ0) is 16.5. The zero-order valence-corrected chi connectivity index (χ0v) is 14.6. The second-order valence-corrected chi connectivity index (χ2v) is 7.34. The minimum absolute atomic E-state index is 0.0578. The third-order valence-electron chi connectivity index (χ3n) is 4.45. The van der Waals surface area contributed by atoms with E-state index in [1.807, 2.05) is 25.1 Å². The summed E-state index contributed by atoms with van der Waals surface area (Å²) in [6.45, 7) is 5.06. The number of rotatable bonds is 4. The molecule has 0 bridgehead atoms. The molecule has 5 nitrogen and oxygen atoms in total. The number of morpholine rings is 1. The summed E-state index contributed by atoms with van der Waals surface area (Å²) in [6.07, 6.45) is 2.40. The largest absolute Gasteiger partial charge is 0.378 e. The molecule has 126 valence electrons. The average Bonchev–Trinajstić information content (AvgIpc) is 3.38. The maximum Gasteiger partial charge on any atom is 0.267 e. The number of carbonyl (C=O) groups excluding carboxylic acids is 1. The van der Waals surface area contributed by atoms with Gasteiger partial charge < -0.3 is 15.0 Å². The van der Waals surface area contributed by atoms with Crippen LogP contribution in [0, 0.1) is 6.92 Å². The number of para-hydroxylation sites is 2. The van der Waals surface area contributed by atoms with E-state index in [2.05, 4.69) is 21.3 Å². The van der Waals surface area contributed by atoms with Crippen molar-refractivity contribution in [3.8, 4) is 0 Å². The predicted octanol–water partition coefficient (Wildman–Crippen LogP) is 3.42. The Bertz CT molecular complexity index is 748. The highest BCUT2D eigenvalue weighted by molar-refractivity contribution is 7.14. The lowest BCUT2D eigenvalue weighted by molar-refractivity contribution is 0.103. The van der Waals surface area contributed by atoms with Crippen LogP contribution in [-0.4, -0.2) is 37.2 Å². The Balaban J connectivity index is 1.55. The molecule has 1 aromatic heterocycles. The quantitative estimate of drug-likeness (QED) is 0.924. The van der Waals surface area contributed by atoms with Gasteiger partial charge in [-0.25, -0.2) is 4.98 Å². The summed E-state index contributed by atoms with van der Waals surface area (Å²) in [7, 11) is 0. The van der Waals surface area contributed by atoms with E-state index in [0.717, 1.165) is 53.3 Å². The van der Waals surface area contributed by atoms with Crippen LogP contribution in [-0.2, 0) is 4.74 Å². The number of aryl methyl sites for hydroxylation is 1. The number of thiazole rings is 1. The van der Waals surface area contributed by atoms with E-state index in [4.69, 9.17) is 4.74 Å². The molecule has 1 N–H and O–H groups in total. The van der Waals surface area contributed by atoms with Crippen LogP contribution in [0.2, 0.25) is 0 Å². The first-order chi connectivity index (χ1) is 11.7. The molecule has 1 aliphatic heterocycles. The minimum Gasteiger partial charge on any atom is -0.378 e. The first-order valence-electron chi connectivity index (χ1n) is 8.43. The van der Waals surface area contributed by atoms with Crippen LogP contribution in [0.4, 0.5) is 11.4 Å². The van der Waals surface area contributed by atoms with Gasteiger partial charge in [-0.05, 0) is 31.9 Å². The van der Waals surface area contributed by atoms with E-state index < -0.39 is 0 Å². The highest BCUT2D eigenvalue weighted by Gasteiger charge is 2.29. The van der Waals surface area contributed by atoms with Crippen LogP contribution in [0.15, 0.2) is 24.3 Å². The van der Waals surface area contributed by atoms with Gasteiger partial charge in [0.1, 0.15) is 4.88 Å². The Labute approximate surface area is 145 Å². The highest BCUT2D eigenvalue weighted by Crippen LogP contribution is 2.42. The van der Waals surface area contributed by atoms with E-state index in [1.165, 1.54) is 12.8 Å². The van der Waals surface area contributed by atoms with Gasteiger partial charge in [0.15, 0.2) is 0 Å². The van der Waals surface area contributed by atoms with E-state index in [0.29, 0.717) is 5.92 Å². The number of benzene rings is 1. The van der Waals surface area contributed by atoms with Gasteiger partial charge in [0.2, 0.25) is 0 Å². The molecule has 0 unspecified atom stereocenters. The SMILES string of the molecule is Cc1nc(C2CC2)sc1C(=O)Nc1ccccc1N1CCOCC1. The fourth-order valence-corrected chi connectivity index (χ4v) is 4.10. The van der Waals surface area contributed by atoms with Gasteiger partial charge in [-0.15, -0.1) is 11.3 Å². The first-order valence-corrected chi connectivity index (χ1v) is 9.24. The number of nitrogens with zero attached hydrogens (tertiary/aromatic N) is 2. The molecular formula is C18H21N3O2S. The second kappa shape index (κ2) is 6.53. The van der Waals surface area contributed by atoms with Crippen LogP contribution in [0.1, 0.15) is 39.1 Å². The Morgan fingerprint density at radius 1 is 1.29 bits per heavy atom. The van der Waals surface area contributed by atoms with E-state index >= 15 is 0 Å². The van der Waals surface area contributed by atoms with E-state index in [9.17, 15) is 4.79 Å². The van der Waals surface area contributed by atoms with Crippen molar-refractivity contribution in [1.29, 1.82) is 0 Å². The maximum absolute atomic E-state index is 12.7. The minimum atomic E-state index is -0.0578. The van der Waals surface area contributed by atoms with E-state index in [1.54, 1.807) is 11.3 Å². The van der Waals surface area contributed by atoms with Gasteiger partial charge in [-0.3, -0.25) is 4.79 Å². The van der Waals surface area contributed by atoms with E-state index in [-0.39, 0.29) is 5.91 Å². The second-order valence-electron chi connectivity index (χ2n) is 6.31. The fraction of sp³-hybridized carbons (Fsp3) is 0.444. The number of carbonyl (C=O) groups is 1. The van der Waals surface area contributed by atoms with Crippen LogP contribution in [0.3, 0.4) is 0 Å². The predicted molar refractivity (Wildman–Crippen MR) is 96.3 cm³/mol. The van der Waals surface area contributed by atoms with Gasteiger partial charge in [0, 0.05) is 19.0 Å². The number of nitrogens with one attached hydrogen (secondary N) is 1. The molecule has 1 saturated carbocycles. The topological polar surface area (TPSA) is 54.5 Å². The lowest BCUT2D eigenvalue weighted by atomic mass is 10.2. The summed E-state index contributed by atoms with van der Waals surface area (Å²) >= 11 is 1.54. The Morgan fingerprint density at radius 3 is 2.79 bits per heavy atom. The molecule has 1 amide bonds. The van der Waals surface area contributed by atoms with Crippen molar-refractivity contribution in [1.82, 2.24) is 4.98 Å². The molecule has 2 aromatic rings. The molecule has 4 rings (SSSR count). The summed E-state index contributed by atoms with van der Waals surface area (Å²) in [5, 5.41) is 4.20. The number of amides is 1. The molecule has 1 aliphatic carbocycles. The standard InChI is InChI=1S/C18H21N3O2S/c1-12-16(24-18(19-12)13-6-7-13)17(22)20-14-4-2-3-5-15(14)21-8-10-23-11-9-21/h2-5,13H,6-11H2,1H3,(H,20,22). The van der Waals surface area contributed by atoms with Crippen LogP contribution < -0.4 is 10.2 Å². The van der Waals surface area contributed by atoms with Crippen molar-refractivity contribution in [3.63, 3.8) is 0 Å². The molecule has 2 fully saturated rings. The monoisotopic (exact) mass is 343 g/mol. The molecular weight excluding hydrogens is 322 g/mol. The third kappa shape index (κ3) is 3.16. The number of hydrogen-bond acceptors (Lipinski definition) is 5. The number of hydrogen-bond donors (Lipinski definition) is 1. The molecule has 0 atom stereocenters. The van der Waals surface area contributed by atoms with Gasteiger partial charge in [-0.2, -0.15) is 0 Å². The van der Waals surface area contributed by atoms with Gasteiger partial charge in [0.25, 0.3) is 5.91 Å². The fourth-order valence-electron chi connectivity index (χ4n) is 2.97. The molecule has 0 spiro atoms. The number of aromatic nitrogens is 1. The first kappa shape index (κ1) is 15.6. The molecule has 2 heterocycles. The molecule has 0 radical (unpaired) electrons. The Hall–Kier alpha value is -1.92. The number of anilines is 2. The summed E-state index contributed by atoms with van der Waals surface area (Å²) in [5.41, 5.74) is 2.74. The zero-order valence-electron chi connectivity index (χ0n) is 13.7. The third-order valence-corrected chi connectivity index (χ3v) is 5.77. The van der Waals surface area contributed by atoms with Gasteiger partial charge >= 0.3 is 0 Å². The molecule has 6 heteroatoms. The molecule has 1 saturated heterocycles. The van der Waals surface area contributed by atoms with Crippen molar-refractivity contribution in [2.75, 3.05) is 36.5 Å².